The molecule has 9 heteroatoms. The van der Waals surface area contributed by atoms with Gasteiger partial charge in [0.05, 0.1) is 18.2 Å². The smallest absolute Gasteiger partial charge is 0.163 e. The Kier molecular flexibility index (Phi) is 11.2. The molecule has 0 aliphatic heterocycles. The van der Waals surface area contributed by atoms with Crippen molar-refractivity contribution in [2.75, 3.05) is 46.4 Å². The van der Waals surface area contributed by atoms with Crippen LogP contribution in [0.5, 0.6) is 5.75 Å². The van der Waals surface area contributed by atoms with Crippen LogP contribution in [0.3, 0.4) is 0 Å². The van der Waals surface area contributed by atoms with Crippen LogP contribution in [0.2, 0.25) is 0 Å². The molecule has 0 fully saturated rings. The zero-order chi connectivity index (χ0) is 37.1. The van der Waals surface area contributed by atoms with Crippen molar-refractivity contribution in [3.05, 3.63) is 89.2 Å². The lowest BCUT2D eigenvalue weighted by Crippen LogP contribution is -2.26. The maximum atomic E-state index is 14.5. The van der Waals surface area contributed by atoms with Gasteiger partial charge in [-0.2, -0.15) is 0 Å². The van der Waals surface area contributed by atoms with Gasteiger partial charge < -0.3 is 23.7 Å². The van der Waals surface area contributed by atoms with Gasteiger partial charge in [0.1, 0.15) is 11.6 Å². The van der Waals surface area contributed by atoms with Gasteiger partial charge >= 0.3 is 0 Å². The van der Waals surface area contributed by atoms with Crippen molar-refractivity contribution in [2.45, 2.75) is 60.5 Å². The van der Waals surface area contributed by atoms with E-state index in [1.807, 2.05) is 54.6 Å². The van der Waals surface area contributed by atoms with Crippen LogP contribution in [0.15, 0.2) is 66.7 Å². The fraction of sp³-hybridized carbons (Fsp3) is 0.372. The Balaban J connectivity index is 1.28. The molecule has 8 nitrogen and oxygen atoms in total. The molecule has 2 aromatic heterocycles. The number of aromatic nitrogens is 2. The Bertz CT molecular complexity index is 2290. The summed E-state index contributed by atoms with van der Waals surface area (Å²) in [6, 6.07) is 19.9. The van der Waals surface area contributed by atoms with E-state index >= 15 is 0 Å². The van der Waals surface area contributed by atoms with E-state index < -0.39 is 0 Å². The van der Waals surface area contributed by atoms with E-state index in [1.54, 1.807) is 7.11 Å². The van der Waals surface area contributed by atoms with Crippen LogP contribution in [0, 0.1) is 5.82 Å². The number of methoxy groups -OCH3 is 1. The first-order valence-corrected chi connectivity index (χ1v) is 18.5. The lowest BCUT2D eigenvalue weighted by atomic mass is 9.98. The number of halogens is 1. The number of rotatable bonds is 17. The molecule has 0 amide bonds. The average molecular weight is 705 g/mol. The second-order valence-corrected chi connectivity index (χ2v) is 13.5. The quantitative estimate of drug-likeness (QED) is 0.0884. The van der Waals surface area contributed by atoms with Crippen LogP contribution in [-0.4, -0.2) is 82.7 Å². The third-order valence-corrected chi connectivity index (χ3v) is 10.7. The molecule has 52 heavy (non-hydrogen) atoms. The number of likely N-dealkylation sites (N-methyl/N-ethyl adjacent to an activating group) is 2. The molecule has 0 saturated heterocycles. The van der Waals surface area contributed by atoms with Crippen molar-refractivity contribution >= 4 is 61.0 Å². The van der Waals surface area contributed by atoms with Crippen molar-refractivity contribution in [2.24, 2.45) is 0 Å². The number of hydrogen-bond acceptors (Lipinski definition) is 6. The number of Topliss-reactive ketones (excluding diaryl/α,β-unsaturated/α-hetero) is 3. The second-order valence-electron chi connectivity index (χ2n) is 13.5. The highest BCUT2D eigenvalue weighted by atomic mass is 19.1. The first-order chi connectivity index (χ1) is 25.1. The molecule has 0 radical (unpaired) electrons. The van der Waals surface area contributed by atoms with Gasteiger partial charge in [0.15, 0.2) is 17.3 Å². The van der Waals surface area contributed by atoms with Crippen molar-refractivity contribution in [1.82, 2.24) is 18.9 Å². The highest BCUT2D eigenvalue weighted by molar-refractivity contribution is 6.15. The third kappa shape index (κ3) is 7.12. The van der Waals surface area contributed by atoms with Gasteiger partial charge in [-0.05, 0) is 93.8 Å². The minimum Gasteiger partial charge on any atom is -0.496 e. The highest BCUT2D eigenvalue weighted by Crippen LogP contribution is 2.36. The molecule has 0 unspecified atom stereocenters. The molecular formula is C43H49FN4O4. The van der Waals surface area contributed by atoms with E-state index in [9.17, 15) is 18.8 Å². The van der Waals surface area contributed by atoms with Gasteiger partial charge in [0.25, 0.3) is 0 Å². The van der Waals surface area contributed by atoms with Crippen molar-refractivity contribution in [3.8, 4) is 5.75 Å². The first kappa shape index (κ1) is 36.9. The topological polar surface area (TPSA) is 76.8 Å². The Morgan fingerprint density at radius 2 is 1.06 bits per heavy atom. The third-order valence-electron chi connectivity index (χ3n) is 10.7. The van der Waals surface area contributed by atoms with E-state index in [0.717, 1.165) is 96.0 Å². The van der Waals surface area contributed by atoms with E-state index in [0.29, 0.717) is 22.4 Å². The number of benzene rings is 4. The van der Waals surface area contributed by atoms with Crippen LogP contribution in [-0.2, 0) is 13.1 Å². The summed E-state index contributed by atoms with van der Waals surface area (Å²) in [7, 11) is 1.57. The Hall–Kier alpha value is -4.86. The number of nitrogens with zero attached hydrogens (tertiary/aromatic N) is 4. The van der Waals surface area contributed by atoms with E-state index in [2.05, 4.69) is 46.6 Å². The molecular weight excluding hydrogens is 655 g/mol. The number of ether oxygens (including phenoxy) is 1. The number of fused-ring (bicyclic) bond motifs is 6. The highest BCUT2D eigenvalue weighted by Gasteiger charge is 2.20. The van der Waals surface area contributed by atoms with Crippen LogP contribution in [0.1, 0.15) is 78.5 Å². The summed E-state index contributed by atoms with van der Waals surface area (Å²) in [5.41, 5.74) is 5.31. The first-order valence-electron chi connectivity index (χ1n) is 18.5. The van der Waals surface area contributed by atoms with Gasteiger partial charge in [0.2, 0.25) is 0 Å². The van der Waals surface area contributed by atoms with Gasteiger partial charge in [-0.15, -0.1) is 0 Å². The van der Waals surface area contributed by atoms with E-state index in [1.165, 1.54) is 19.1 Å². The molecule has 0 aliphatic carbocycles. The fourth-order valence-corrected chi connectivity index (χ4v) is 7.55. The summed E-state index contributed by atoms with van der Waals surface area (Å²) in [6.07, 6.45) is 0.102. The van der Waals surface area contributed by atoms with Crippen molar-refractivity contribution in [3.63, 3.8) is 0 Å². The molecule has 0 atom stereocenters. The molecule has 0 N–H and O–H groups in total. The largest absolute Gasteiger partial charge is 0.496 e. The van der Waals surface area contributed by atoms with Crippen LogP contribution in [0.4, 0.5) is 4.39 Å². The standard InChI is InChI=1S/C43H49FN4O4/c1-7-45(8-2)19-21-47-37-14-11-29(23-33(37)35-25-31(44)13-16-39(35)47)41(50)17-18-42(51)30-12-15-38-34(24-30)36-26-32(28(5)49)43(52-6)27-40(36)48(38)22-20-46(9-3)10-4/h11-16,23-27H,7-10,17-22H2,1-6H3. The van der Waals surface area contributed by atoms with Crippen LogP contribution in [0.25, 0.3) is 43.6 Å². The fourth-order valence-electron chi connectivity index (χ4n) is 7.55. The molecule has 6 rings (SSSR count). The SMILES string of the molecule is CCN(CC)CCn1c2ccc(F)cc2c2cc(C(=O)CCC(=O)c3ccc4c(c3)c3cc(C(C)=O)c(OC)cc3n4CCN(CC)CC)ccc21. The summed E-state index contributed by atoms with van der Waals surface area (Å²) in [5, 5.41) is 3.37. The lowest BCUT2D eigenvalue weighted by molar-refractivity contribution is 0.0917. The number of carbonyl (C=O) groups is 3. The molecule has 0 aliphatic rings. The molecule has 0 bridgehead atoms. The van der Waals surface area contributed by atoms with Gasteiger partial charge in [-0.1, -0.05) is 27.7 Å². The molecule has 6 aromatic rings. The maximum Gasteiger partial charge on any atom is 0.163 e. The molecule has 272 valence electrons. The maximum absolute atomic E-state index is 14.5. The van der Waals surface area contributed by atoms with Crippen molar-refractivity contribution in [1.29, 1.82) is 0 Å². The lowest BCUT2D eigenvalue weighted by Gasteiger charge is -2.19. The van der Waals surface area contributed by atoms with E-state index in [4.69, 9.17) is 4.74 Å². The number of carbonyl (C=O) groups excluding carboxylic acids is 3. The normalized spacial score (nSPS) is 11.9. The Morgan fingerprint density at radius 3 is 1.52 bits per heavy atom. The van der Waals surface area contributed by atoms with Gasteiger partial charge in [-0.3, -0.25) is 14.4 Å². The zero-order valence-corrected chi connectivity index (χ0v) is 31.2. The summed E-state index contributed by atoms with van der Waals surface area (Å²) in [6.45, 7) is 17.1. The summed E-state index contributed by atoms with van der Waals surface area (Å²) in [5.74, 6) is -0.160. The minimum absolute atomic E-state index is 0.0503. The van der Waals surface area contributed by atoms with Crippen molar-refractivity contribution < 1.29 is 23.5 Å². The van der Waals surface area contributed by atoms with E-state index in [-0.39, 0.29) is 36.0 Å². The minimum atomic E-state index is -0.321. The van der Waals surface area contributed by atoms with Gasteiger partial charge in [0, 0.05) is 94.3 Å². The number of hydrogen-bond donors (Lipinski definition) is 0. The monoisotopic (exact) mass is 704 g/mol. The zero-order valence-electron chi connectivity index (χ0n) is 31.2. The van der Waals surface area contributed by atoms with Crippen LogP contribution >= 0.6 is 0 Å². The summed E-state index contributed by atoms with van der Waals surface area (Å²) in [4.78, 5) is 44.5. The predicted octanol–water partition coefficient (Wildman–Crippen LogP) is 8.78. The van der Waals surface area contributed by atoms with Crippen LogP contribution < -0.4 is 4.74 Å². The molecule has 4 aromatic carbocycles. The summed E-state index contributed by atoms with van der Waals surface area (Å²) >= 11 is 0. The Morgan fingerprint density at radius 1 is 0.615 bits per heavy atom. The Labute approximate surface area is 304 Å². The van der Waals surface area contributed by atoms with Gasteiger partial charge in [-0.25, -0.2) is 4.39 Å². The molecule has 2 heterocycles. The molecule has 0 saturated carbocycles. The number of ketones is 3. The molecule has 0 spiro atoms. The summed E-state index contributed by atoms with van der Waals surface area (Å²) < 4.78 is 24.5. The predicted molar refractivity (Wildman–Crippen MR) is 209 cm³/mol. The average Bonchev–Trinajstić information content (AvgIpc) is 3.63. The second kappa shape index (κ2) is 15.8.